The quantitative estimate of drug-likeness (QED) is 0.888. The fourth-order valence-corrected chi connectivity index (χ4v) is 1.73. The first-order valence-corrected chi connectivity index (χ1v) is 5.77. The molecule has 0 aliphatic heterocycles. The van der Waals surface area contributed by atoms with Gasteiger partial charge in [-0.25, -0.2) is 0 Å². The molecule has 0 radical (unpaired) electrons. The molecule has 1 atom stereocenters. The van der Waals surface area contributed by atoms with Crippen LogP contribution in [-0.2, 0) is 0 Å². The van der Waals surface area contributed by atoms with Gasteiger partial charge in [0.2, 0.25) is 0 Å². The highest BCUT2D eigenvalue weighted by Gasteiger charge is 2.29. The molecular weight excluding hydrogens is 287 g/mol. The maximum absolute atomic E-state index is 12.1. The fraction of sp³-hybridized carbons (Fsp3) is 0.600. The highest BCUT2D eigenvalue weighted by Crippen LogP contribution is 2.29. The number of hydrogen-bond donors (Lipinski definition) is 1. The predicted molar refractivity (Wildman–Crippen MR) is 58.1 cm³/mol. The molecule has 6 heteroatoms. The maximum Gasteiger partial charge on any atom is 0.389 e. The summed E-state index contributed by atoms with van der Waals surface area (Å²) in [5, 5.41) is 2.97. The molecular formula is C10H13BrF3NO. The SMILES string of the molecule is CCNC(CCC(F)(F)F)c1ccc(Br)o1. The smallest absolute Gasteiger partial charge is 0.389 e. The largest absolute Gasteiger partial charge is 0.453 e. The van der Waals surface area contributed by atoms with Gasteiger partial charge in [0.05, 0.1) is 6.04 Å². The van der Waals surface area contributed by atoms with Crippen LogP contribution in [0.3, 0.4) is 0 Å². The Morgan fingerprint density at radius 2 is 2.12 bits per heavy atom. The predicted octanol–water partition coefficient (Wildman–Crippen LogP) is 4.04. The fourth-order valence-electron chi connectivity index (χ4n) is 1.41. The third-order valence-corrected chi connectivity index (χ3v) is 2.53. The van der Waals surface area contributed by atoms with Gasteiger partial charge in [0, 0.05) is 6.42 Å². The van der Waals surface area contributed by atoms with Crippen molar-refractivity contribution >= 4 is 15.9 Å². The van der Waals surface area contributed by atoms with Crippen LogP contribution in [0, 0.1) is 0 Å². The zero-order valence-electron chi connectivity index (χ0n) is 8.77. The molecule has 0 bridgehead atoms. The van der Waals surface area contributed by atoms with E-state index in [2.05, 4.69) is 21.2 Å². The normalized spacial score (nSPS) is 14.1. The first kappa shape index (κ1) is 13.6. The van der Waals surface area contributed by atoms with Gasteiger partial charge in [0.25, 0.3) is 0 Å². The molecule has 1 aromatic heterocycles. The summed E-state index contributed by atoms with van der Waals surface area (Å²) < 4.78 is 42.1. The van der Waals surface area contributed by atoms with Crippen LogP contribution in [0.15, 0.2) is 21.2 Å². The van der Waals surface area contributed by atoms with E-state index in [-0.39, 0.29) is 6.42 Å². The number of alkyl halides is 3. The molecule has 1 N–H and O–H groups in total. The molecule has 0 fully saturated rings. The Balaban J connectivity index is 2.61. The van der Waals surface area contributed by atoms with Gasteiger partial charge in [-0.15, -0.1) is 0 Å². The summed E-state index contributed by atoms with van der Waals surface area (Å²) >= 11 is 3.13. The van der Waals surface area contributed by atoms with E-state index in [9.17, 15) is 13.2 Å². The Bertz CT molecular complexity index is 324. The van der Waals surface area contributed by atoms with Crippen LogP contribution in [0.4, 0.5) is 13.2 Å². The molecule has 1 aromatic rings. The van der Waals surface area contributed by atoms with E-state index in [1.165, 1.54) is 0 Å². The molecule has 0 aliphatic rings. The van der Waals surface area contributed by atoms with Gasteiger partial charge in [-0.1, -0.05) is 6.92 Å². The molecule has 0 aliphatic carbocycles. The highest BCUT2D eigenvalue weighted by molar-refractivity contribution is 9.10. The minimum Gasteiger partial charge on any atom is -0.453 e. The molecule has 0 saturated heterocycles. The van der Waals surface area contributed by atoms with Crippen LogP contribution in [0.5, 0.6) is 0 Å². The van der Waals surface area contributed by atoms with E-state index in [0.29, 0.717) is 17.0 Å². The molecule has 0 saturated carbocycles. The molecule has 1 rings (SSSR count). The van der Waals surface area contributed by atoms with Crippen molar-refractivity contribution in [2.24, 2.45) is 0 Å². The summed E-state index contributed by atoms with van der Waals surface area (Å²) in [6.45, 7) is 2.44. The molecule has 92 valence electrons. The molecule has 2 nitrogen and oxygen atoms in total. The summed E-state index contributed by atoms with van der Waals surface area (Å²) in [7, 11) is 0. The van der Waals surface area contributed by atoms with Crippen molar-refractivity contribution in [1.82, 2.24) is 5.32 Å². The summed E-state index contributed by atoms with van der Waals surface area (Å²) in [6.07, 6.45) is -4.96. The van der Waals surface area contributed by atoms with Crippen LogP contribution in [0.1, 0.15) is 31.6 Å². The van der Waals surface area contributed by atoms with Crippen LogP contribution in [-0.4, -0.2) is 12.7 Å². The molecule has 0 aromatic carbocycles. The molecule has 1 heterocycles. The van der Waals surface area contributed by atoms with Gasteiger partial charge < -0.3 is 9.73 Å². The number of nitrogens with one attached hydrogen (secondary N) is 1. The van der Waals surface area contributed by atoms with Gasteiger partial charge in [-0.05, 0) is 41.0 Å². The lowest BCUT2D eigenvalue weighted by Crippen LogP contribution is -2.22. The van der Waals surface area contributed by atoms with Crippen LogP contribution in [0.2, 0.25) is 0 Å². The van der Waals surface area contributed by atoms with Gasteiger partial charge >= 0.3 is 6.18 Å². The van der Waals surface area contributed by atoms with Gasteiger partial charge in [0.15, 0.2) is 4.67 Å². The Labute approximate surface area is 100 Å². The van der Waals surface area contributed by atoms with Crippen LogP contribution < -0.4 is 5.32 Å². The number of furan rings is 1. The highest BCUT2D eigenvalue weighted by atomic mass is 79.9. The summed E-state index contributed by atoms with van der Waals surface area (Å²) in [6, 6.07) is 2.96. The second kappa shape index (κ2) is 5.72. The van der Waals surface area contributed by atoms with Gasteiger partial charge in [-0.3, -0.25) is 0 Å². The van der Waals surface area contributed by atoms with Crippen molar-refractivity contribution in [3.05, 3.63) is 22.6 Å². The van der Waals surface area contributed by atoms with Crippen molar-refractivity contribution in [2.45, 2.75) is 32.0 Å². The van der Waals surface area contributed by atoms with E-state index in [1.54, 1.807) is 12.1 Å². The van der Waals surface area contributed by atoms with E-state index in [1.807, 2.05) is 6.92 Å². The maximum atomic E-state index is 12.1. The standard InChI is InChI=1S/C10H13BrF3NO/c1-2-15-7(5-6-10(12,13)14)8-3-4-9(11)16-8/h3-4,7,15H,2,5-6H2,1H3. The van der Waals surface area contributed by atoms with E-state index in [4.69, 9.17) is 4.42 Å². The summed E-state index contributed by atoms with van der Waals surface area (Å²) in [5.41, 5.74) is 0. The van der Waals surface area contributed by atoms with Crippen LogP contribution in [0.25, 0.3) is 0 Å². The monoisotopic (exact) mass is 299 g/mol. The lowest BCUT2D eigenvalue weighted by molar-refractivity contribution is -0.136. The van der Waals surface area contributed by atoms with E-state index in [0.717, 1.165) is 0 Å². The van der Waals surface area contributed by atoms with E-state index < -0.39 is 18.6 Å². The summed E-state index contributed by atoms with van der Waals surface area (Å²) in [4.78, 5) is 0. The van der Waals surface area contributed by atoms with Crippen molar-refractivity contribution in [3.63, 3.8) is 0 Å². The third-order valence-electron chi connectivity index (χ3n) is 2.10. The Morgan fingerprint density at radius 1 is 1.44 bits per heavy atom. The number of halogens is 4. The minimum atomic E-state index is -4.13. The Kier molecular flexibility index (Phi) is 4.86. The van der Waals surface area contributed by atoms with Crippen molar-refractivity contribution in [1.29, 1.82) is 0 Å². The van der Waals surface area contributed by atoms with E-state index >= 15 is 0 Å². The van der Waals surface area contributed by atoms with Crippen LogP contribution >= 0.6 is 15.9 Å². The van der Waals surface area contributed by atoms with Crippen molar-refractivity contribution in [3.8, 4) is 0 Å². The lowest BCUT2D eigenvalue weighted by atomic mass is 10.1. The van der Waals surface area contributed by atoms with Crippen molar-refractivity contribution in [2.75, 3.05) is 6.54 Å². The average molecular weight is 300 g/mol. The van der Waals surface area contributed by atoms with Gasteiger partial charge in [-0.2, -0.15) is 13.2 Å². The first-order chi connectivity index (χ1) is 7.42. The Hall–Kier alpha value is -0.490. The summed E-state index contributed by atoms with van der Waals surface area (Å²) in [5.74, 6) is 0.526. The number of rotatable bonds is 5. The first-order valence-electron chi connectivity index (χ1n) is 4.97. The second-order valence-electron chi connectivity index (χ2n) is 3.41. The minimum absolute atomic E-state index is 0.0166. The topological polar surface area (TPSA) is 25.2 Å². The zero-order chi connectivity index (χ0) is 12.2. The molecule has 0 spiro atoms. The molecule has 16 heavy (non-hydrogen) atoms. The lowest BCUT2D eigenvalue weighted by Gasteiger charge is -2.16. The number of hydrogen-bond acceptors (Lipinski definition) is 2. The molecule has 1 unspecified atom stereocenters. The third kappa shape index (κ3) is 4.57. The van der Waals surface area contributed by atoms with Crippen molar-refractivity contribution < 1.29 is 17.6 Å². The molecule has 0 amide bonds. The average Bonchev–Trinajstić information content (AvgIpc) is 2.57. The Morgan fingerprint density at radius 3 is 2.56 bits per heavy atom. The zero-order valence-corrected chi connectivity index (χ0v) is 10.4. The van der Waals surface area contributed by atoms with Gasteiger partial charge in [0.1, 0.15) is 5.76 Å². The second-order valence-corrected chi connectivity index (χ2v) is 4.19.